The Hall–Kier alpha value is -2.16. The Morgan fingerprint density at radius 1 is 1.10 bits per heavy atom. The molecular formula is C22H30N4O4. The van der Waals surface area contributed by atoms with Crippen molar-refractivity contribution in [3.63, 3.8) is 0 Å². The second-order valence-corrected chi connectivity index (χ2v) is 8.77. The summed E-state index contributed by atoms with van der Waals surface area (Å²) < 4.78 is 13.4. The van der Waals surface area contributed by atoms with E-state index in [1.54, 1.807) is 0 Å². The summed E-state index contributed by atoms with van der Waals surface area (Å²) in [5.41, 5.74) is 1.80. The number of likely N-dealkylation sites (tertiary alicyclic amines) is 1. The Bertz CT molecular complexity index is 943. The van der Waals surface area contributed by atoms with Crippen molar-refractivity contribution in [3.05, 3.63) is 34.7 Å². The van der Waals surface area contributed by atoms with Gasteiger partial charge in [-0.2, -0.15) is 0 Å². The standard InChI is InChI=1S/C22H30N4O4/c27-20(23-16-5-9-22(10-6-16)29-13-14-30-22)15-25-11-7-17(8-12-25)26-19-4-2-1-3-18(19)24-21(26)28/h1-4,16-17H,5-15H2,(H,23,27)(H,24,28). The van der Waals surface area contributed by atoms with Crippen LogP contribution in [0.25, 0.3) is 11.0 Å². The van der Waals surface area contributed by atoms with Gasteiger partial charge in [0.05, 0.1) is 30.8 Å². The van der Waals surface area contributed by atoms with E-state index in [0.29, 0.717) is 19.8 Å². The van der Waals surface area contributed by atoms with Crippen LogP contribution in [0.2, 0.25) is 0 Å². The number of H-pyrrole nitrogens is 1. The SMILES string of the molecule is O=C(CN1CCC(n2c(=O)[nH]c3ccccc32)CC1)NC1CCC2(CC1)OCCO2. The number of hydrogen-bond donors (Lipinski definition) is 2. The number of nitrogens with one attached hydrogen (secondary N) is 2. The summed E-state index contributed by atoms with van der Waals surface area (Å²) in [7, 11) is 0. The molecule has 30 heavy (non-hydrogen) atoms. The van der Waals surface area contributed by atoms with Crippen LogP contribution in [0.1, 0.15) is 44.6 Å². The predicted octanol–water partition coefficient (Wildman–Crippen LogP) is 1.77. The molecule has 1 amide bonds. The van der Waals surface area contributed by atoms with E-state index in [9.17, 15) is 9.59 Å². The van der Waals surface area contributed by atoms with Gasteiger partial charge in [-0.1, -0.05) is 12.1 Å². The van der Waals surface area contributed by atoms with Crippen molar-refractivity contribution < 1.29 is 14.3 Å². The molecule has 0 radical (unpaired) electrons. The minimum atomic E-state index is -0.385. The molecule has 0 unspecified atom stereocenters. The van der Waals surface area contributed by atoms with E-state index in [4.69, 9.17) is 9.47 Å². The fourth-order valence-corrected chi connectivity index (χ4v) is 5.24. The molecule has 3 aliphatic rings. The zero-order valence-corrected chi connectivity index (χ0v) is 17.3. The average molecular weight is 415 g/mol. The van der Waals surface area contributed by atoms with E-state index in [0.717, 1.165) is 62.6 Å². The number of aromatic nitrogens is 2. The maximum atomic E-state index is 12.6. The second kappa shape index (κ2) is 8.17. The van der Waals surface area contributed by atoms with Crippen LogP contribution < -0.4 is 11.0 Å². The number of piperidine rings is 1. The second-order valence-electron chi connectivity index (χ2n) is 8.77. The van der Waals surface area contributed by atoms with Gasteiger partial charge in [0.1, 0.15) is 0 Å². The molecule has 1 saturated carbocycles. The maximum absolute atomic E-state index is 12.6. The number of ether oxygens (including phenoxy) is 2. The molecule has 1 spiro atoms. The normalized spacial score (nSPS) is 23.3. The molecule has 1 aliphatic carbocycles. The van der Waals surface area contributed by atoms with Crippen molar-refractivity contribution in [3.8, 4) is 0 Å². The first-order valence-electron chi connectivity index (χ1n) is 11.1. The molecule has 2 saturated heterocycles. The summed E-state index contributed by atoms with van der Waals surface area (Å²) in [6.07, 6.45) is 5.24. The van der Waals surface area contributed by atoms with Crippen molar-refractivity contribution in [2.45, 2.75) is 56.4 Å². The van der Waals surface area contributed by atoms with Crippen molar-refractivity contribution in [2.75, 3.05) is 32.8 Å². The molecule has 1 aromatic carbocycles. The van der Waals surface area contributed by atoms with Gasteiger partial charge in [0, 0.05) is 38.0 Å². The molecule has 8 heteroatoms. The molecule has 2 aliphatic heterocycles. The summed E-state index contributed by atoms with van der Waals surface area (Å²) >= 11 is 0. The largest absolute Gasteiger partial charge is 0.352 e. The number of rotatable bonds is 4. The first-order chi connectivity index (χ1) is 14.6. The van der Waals surface area contributed by atoms with Gasteiger partial charge in [0.15, 0.2) is 5.79 Å². The summed E-state index contributed by atoms with van der Waals surface area (Å²) in [6, 6.07) is 8.20. The molecule has 2 N–H and O–H groups in total. The quantitative estimate of drug-likeness (QED) is 0.796. The zero-order chi connectivity index (χ0) is 20.6. The highest BCUT2D eigenvalue weighted by Crippen LogP contribution is 2.35. The number of carbonyl (C=O) groups is 1. The Morgan fingerprint density at radius 3 is 2.53 bits per heavy atom. The van der Waals surface area contributed by atoms with Gasteiger partial charge in [0.25, 0.3) is 0 Å². The van der Waals surface area contributed by atoms with Crippen LogP contribution in [0, 0.1) is 0 Å². The number of fused-ring (bicyclic) bond motifs is 1. The molecule has 8 nitrogen and oxygen atoms in total. The number of para-hydroxylation sites is 2. The fraction of sp³-hybridized carbons (Fsp3) is 0.636. The molecule has 3 fully saturated rings. The molecule has 5 rings (SSSR count). The average Bonchev–Trinajstić information content (AvgIpc) is 3.34. The van der Waals surface area contributed by atoms with Gasteiger partial charge in [-0.05, 0) is 37.8 Å². The number of imidazole rings is 1. The van der Waals surface area contributed by atoms with Crippen LogP contribution in [0.15, 0.2) is 29.1 Å². The molecule has 2 aromatic rings. The van der Waals surface area contributed by atoms with Gasteiger partial charge < -0.3 is 19.8 Å². The molecular weight excluding hydrogens is 384 g/mol. The molecule has 162 valence electrons. The lowest BCUT2D eigenvalue weighted by Gasteiger charge is -2.36. The van der Waals surface area contributed by atoms with E-state index in [-0.39, 0.29) is 29.5 Å². The van der Waals surface area contributed by atoms with E-state index < -0.39 is 0 Å². The first kappa shape index (κ1) is 19.8. The first-order valence-corrected chi connectivity index (χ1v) is 11.1. The van der Waals surface area contributed by atoms with Crippen molar-refractivity contribution >= 4 is 16.9 Å². The Balaban J connectivity index is 1.11. The van der Waals surface area contributed by atoms with E-state index in [1.165, 1.54) is 0 Å². The van der Waals surface area contributed by atoms with Crippen LogP contribution in [0.4, 0.5) is 0 Å². The van der Waals surface area contributed by atoms with Crippen LogP contribution in [0.5, 0.6) is 0 Å². The number of carbonyl (C=O) groups excluding carboxylic acids is 1. The summed E-state index contributed by atoms with van der Waals surface area (Å²) in [5, 5.41) is 3.19. The van der Waals surface area contributed by atoms with Crippen molar-refractivity contribution in [2.24, 2.45) is 0 Å². The van der Waals surface area contributed by atoms with Gasteiger partial charge in [-0.25, -0.2) is 4.79 Å². The Morgan fingerprint density at radius 2 is 1.80 bits per heavy atom. The molecule has 0 bridgehead atoms. The highest BCUT2D eigenvalue weighted by Gasteiger charge is 2.40. The van der Waals surface area contributed by atoms with Gasteiger partial charge in [0.2, 0.25) is 5.91 Å². The van der Waals surface area contributed by atoms with Gasteiger partial charge >= 0.3 is 5.69 Å². The van der Waals surface area contributed by atoms with E-state index in [2.05, 4.69) is 15.2 Å². The maximum Gasteiger partial charge on any atom is 0.326 e. The van der Waals surface area contributed by atoms with E-state index >= 15 is 0 Å². The van der Waals surface area contributed by atoms with Crippen molar-refractivity contribution in [1.29, 1.82) is 0 Å². The van der Waals surface area contributed by atoms with Crippen LogP contribution in [0.3, 0.4) is 0 Å². The fourth-order valence-electron chi connectivity index (χ4n) is 5.24. The smallest absolute Gasteiger partial charge is 0.326 e. The lowest BCUT2D eigenvalue weighted by Crippen LogP contribution is -2.48. The van der Waals surface area contributed by atoms with Crippen LogP contribution >= 0.6 is 0 Å². The van der Waals surface area contributed by atoms with Crippen molar-refractivity contribution in [1.82, 2.24) is 19.8 Å². The number of nitrogens with zero attached hydrogens (tertiary/aromatic N) is 2. The highest BCUT2D eigenvalue weighted by molar-refractivity contribution is 5.78. The third-order valence-electron chi connectivity index (χ3n) is 6.84. The van der Waals surface area contributed by atoms with Crippen LogP contribution in [-0.4, -0.2) is 65.0 Å². The Labute approximate surface area is 175 Å². The molecule has 3 heterocycles. The minimum Gasteiger partial charge on any atom is -0.352 e. The lowest BCUT2D eigenvalue weighted by molar-refractivity contribution is -0.180. The van der Waals surface area contributed by atoms with Crippen LogP contribution in [-0.2, 0) is 14.3 Å². The molecule has 1 aromatic heterocycles. The van der Waals surface area contributed by atoms with Gasteiger partial charge in [-0.3, -0.25) is 14.3 Å². The monoisotopic (exact) mass is 414 g/mol. The number of amides is 1. The topological polar surface area (TPSA) is 88.6 Å². The molecule has 0 atom stereocenters. The summed E-state index contributed by atoms with van der Waals surface area (Å²) in [5.74, 6) is -0.296. The van der Waals surface area contributed by atoms with Gasteiger partial charge in [-0.15, -0.1) is 0 Å². The number of hydrogen-bond acceptors (Lipinski definition) is 5. The third-order valence-corrected chi connectivity index (χ3v) is 6.84. The predicted molar refractivity (Wildman–Crippen MR) is 112 cm³/mol. The van der Waals surface area contributed by atoms with E-state index in [1.807, 2.05) is 28.8 Å². The number of aromatic amines is 1. The third kappa shape index (κ3) is 3.91. The Kier molecular flexibility index (Phi) is 5.39. The minimum absolute atomic E-state index is 0.0438. The highest BCUT2D eigenvalue weighted by atomic mass is 16.7. The summed E-state index contributed by atoms with van der Waals surface area (Å²) in [4.78, 5) is 30.1. The lowest BCUT2D eigenvalue weighted by atomic mass is 9.90. The number of benzene rings is 1. The zero-order valence-electron chi connectivity index (χ0n) is 17.3. The summed E-state index contributed by atoms with van der Waals surface area (Å²) in [6.45, 7) is 3.42.